The van der Waals surface area contributed by atoms with Crippen LogP contribution in [0.2, 0.25) is 0 Å². The number of nitrogens with zero attached hydrogens (tertiary/aromatic N) is 4. The molecule has 1 aliphatic rings. The molecule has 0 radical (unpaired) electrons. The van der Waals surface area contributed by atoms with E-state index >= 15 is 0 Å². The van der Waals surface area contributed by atoms with E-state index in [9.17, 15) is 4.79 Å². The Labute approximate surface area is 183 Å². The van der Waals surface area contributed by atoms with E-state index in [1.54, 1.807) is 16.0 Å². The molecule has 3 heterocycles. The lowest BCUT2D eigenvalue weighted by Gasteiger charge is -2.27. The van der Waals surface area contributed by atoms with Gasteiger partial charge in [-0.1, -0.05) is 65.8 Å². The van der Waals surface area contributed by atoms with Crippen LogP contribution in [0.15, 0.2) is 83.4 Å². The van der Waals surface area contributed by atoms with Crippen molar-refractivity contribution in [1.82, 2.24) is 20.2 Å². The van der Waals surface area contributed by atoms with E-state index in [1.807, 2.05) is 60.8 Å². The summed E-state index contributed by atoms with van der Waals surface area (Å²) in [4.78, 5) is 14.2. The Hall–Kier alpha value is -3.78. The lowest BCUT2D eigenvalue weighted by molar-refractivity contribution is -0.140. The molecule has 0 aliphatic carbocycles. The van der Waals surface area contributed by atoms with Crippen molar-refractivity contribution in [3.8, 4) is 11.1 Å². The summed E-state index contributed by atoms with van der Waals surface area (Å²) in [7, 11) is 0. The van der Waals surface area contributed by atoms with Crippen LogP contribution in [0.4, 0.5) is 5.95 Å². The zero-order valence-corrected chi connectivity index (χ0v) is 17.5. The quantitative estimate of drug-likeness (QED) is 0.473. The molecule has 0 bridgehead atoms. The van der Waals surface area contributed by atoms with Crippen molar-refractivity contribution in [3.05, 3.63) is 93.8 Å². The minimum Gasteiger partial charge on any atom is -0.457 e. The maximum atomic E-state index is 13.3. The van der Waals surface area contributed by atoms with E-state index in [1.165, 1.54) is 0 Å². The van der Waals surface area contributed by atoms with E-state index in [4.69, 9.17) is 4.74 Å². The van der Waals surface area contributed by atoms with Crippen LogP contribution in [0, 0.1) is 0 Å². The molecule has 1 unspecified atom stereocenters. The summed E-state index contributed by atoms with van der Waals surface area (Å²) < 4.78 is 7.33. The number of carbonyl (C=O) groups is 1. The molecule has 0 amide bonds. The van der Waals surface area contributed by atoms with E-state index in [-0.39, 0.29) is 6.61 Å². The Kier molecular flexibility index (Phi) is 5.05. The van der Waals surface area contributed by atoms with Gasteiger partial charge >= 0.3 is 5.97 Å². The third-order valence-electron chi connectivity index (χ3n) is 5.18. The second-order valence-electron chi connectivity index (χ2n) is 7.14. The van der Waals surface area contributed by atoms with Gasteiger partial charge in [-0.2, -0.15) is 4.68 Å². The fourth-order valence-electron chi connectivity index (χ4n) is 3.71. The van der Waals surface area contributed by atoms with Crippen LogP contribution in [0.1, 0.15) is 23.4 Å². The number of anilines is 1. The number of thiophene rings is 1. The van der Waals surface area contributed by atoms with Crippen molar-refractivity contribution in [1.29, 1.82) is 0 Å². The lowest BCUT2D eigenvalue weighted by Crippen LogP contribution is -2.29. The highest BCUT2D eigenvalue weighted by molar-refractivity contribution is 7.10. The van der Waals surface area contributed by atoms with Crippen molar-refractivity contribution in [2.75, 3.05) is 5.32 Å². The largest absolute Gasteiger partial charge is 0.457 e. The van der Waals surface area contributed by atoms with Crippen LogP contribution >= 0.6 is 11.3 Å². The van der Waals surface area contributed by atoms with Crippen LogP contribution in [-0.4, -0.2) is 26.2 Å². The molecule has 5 rings (SSSR count). The van der Waals surface area contributed by atoms with Gasteiger partial charge in [0, 0.05) is 10.6 Å². The number of esters is 1. The Balaban J connectivity index is 1.54. The molecule has 1 aliphatic heterocycles. The average molecular weight is 430 g/mol. The number of allylic oxidation sites excluding steroid dienone is 1. The summed E-state index contributed by atoms with van der Waals surface area (Å²) in [5.74, 6) is 0.0990. The molecule has 1 N–H and O–H groups in total. The number of ether oxygens (including phenoxy) is 1. The molecule has 0 saturated carbocycles. The molecule has 7 nitrogen and oxygen atoms in total. The molecule has 0 fully saturated rings. The Morgan fingerprint density at radius 2 is 1.84 bits per heavy atom. The first kappa shape index (κ1) is 19.2. The predicted octanol–water partition coefficient (Wildman–Crippen LogP) is 4.43. The number of hydrogen-bond acceptors (Lipinski definition) is 7. The van der Waals surface area contributed by atoms with Crippen molar-refractivity contribution < 1.29 is 9.53 Å². The van der Waals surface area contributed by atoms with Gasteiger partial charge in [-0.15, -0.1) is 11.3 Å². The summed E-state index contributed by atoms with van der Waals surface area (Å²) >= 11 is 1.57. The topological polar surface area (TPSA) is 81.9 Å². The molecule has 4 aromatic rings. The summed E-state index contributed by atoms with van der Waals surface area (Å²) in [6.07, 6.45) is 0. The van der Waals surface area contributed by atoms with Gasteiger partial charge in [-0.05, 0) is 45.5 Å². The van der Waals surface area contributed by atoms with Crippen molar-refractivity contribution >= 4 is 23.3 Å². The first-order chi connectivity index (χ1) is 15.2. The average Bonchev–Trinajstić information content (AvgIpc) is 3.47. The number of rotatable bonds is 5. The second kappa shape index (κ2) is 8.16. The van der Waals surface area contributed by atoms with Gasteiger partial charge in [0.1, 0.15) is 12.6 Å². The maximum Gasteiger partial charge on any atom is 0.338 e. The molecule has 0 saturated heterocycles. The predicted molar refractivity (Wildman–Crippen MR) is 118 cm³/mol. The molecular formula is C23H19N5O2S. The monoisotopic (exact) mass is 429 g/mol. The standard InChI is InChI=1S/C23H19N5O2S/c1-15-19(22(29)30-14-16-8-4-2-5-9-16)20(28-23(24-15)25-26-27-28)21-18(12-13-31-21)17-10-6-3-7-11-17/h2-13,20H,14H2,1H3,(H,24,25,27). The zero-order chi connectivity index (χ0) is 21.2. The number of carbonyl (C=O) groups excluding carboxylic acids is 1. The van der Waals surface area contributed by atoms with E-state index in [0.717, 1.165) is 21.6 Å². The van der Waals surface area contributed by atoms with Gasteiger partial charge in [0.2, 0.25) is 5.95 Å². The molecule has 2 aromatic carbocycles. The molecule has 0 spiro atoms. The summed E-state index contributed by atoms with van der Waals surface area (Å²) in [6, 6.07) is 21.3. The first-order valence-corrected chi connectivity index (χ1v) is 10.7. The van der Waals surface area contributed by atoms with E-state index < -0.39 is 12.0 Å². The molecule has 2 aromatic heterocycles. The SMILES string of the molecule is CC1=C(C(=O)OCc2ccccc2)C(c2sccc2-c2ccccc2)n2nnnc2N1. The number of hydrogen-bond donors (Lipinski definition) is 1. The smallest absolute Gasteiger partial charge is 0.338 e. The van der Waals surface area contributed by atoms with Crippen molar-refractivity contribution in [2.24, 2.45) is 0 Å². The number of fused-ring (bicyclic) bond motifs is 1. The Morgan fingerprint density at radius 3 is 2.61 bits per heavy atom. The molecular weight excluding hydrogens is 410 g/mol. The summed E-state index contributed by atoms with van der Waals surface area (Å²) in [6.45, 7) is 2.04. The highest BCUT2D eigenvalue weighted by Gasteiger charge is 2.37. The fraction of sp³-hybridized carbons (Fsp3) is 0.130. The molecule has 8 heteroatoms. The maximum absolute atomic E-state index is 13.3. The van der Waals surface area contributed by atoms with Crippen molar-refractivity contribution in [3.63, 3.8) is 0 Å². The van der Waals surface area contributed by atoms with Gasteiger partial charge in [0.05, 0.1) is 5.57 Å². The van der Waals surface area contributed by atoms with Crippen molar-refractivity contribution in [2.45, 2.75) is 19.6 Å². The van der Waals surface area contributed by atoms with E-state index in [2.05, 4.69) is 39.0 Å². The van der Waals surface area contributed by atoms with Crippen LogP contribution < -0.4 is 5.32 Å². The fourth-order valence-corrected chi connectivity index (χ4v) is 4.72. The zero-order valence-electron chi connectivity index (χ0n) is 16.7. The highest BCUT2D eigenvalue weighted by Crippen LogP contribution is 2.42. The second-order valence-corrected chi connectivity index (χ2v) is 8.09. The van der Waals surface area contributed by atoms with Crippen LogP contribution in [0.25, 0.3) is 11.1 Å². The van der Waals surface area contributed by atoms with Gasteiger partial charge in [-0.3, -0.25) is 0 Å². The number of tetrazole rings is 1. The highest BCUT2D eigenvalue weighted by atomic mass is 32.1. The minimum absolute atomic E-state index is 0.196. The van der Waals surface area contributed by atoms with E-state index in [0.29, 0.717) is 17.2 Å². The molecule has 1 atom stereocenters. The van der Waals surface area contributed by atoms with Crippen LogP contribution in [-0.2, 0) is 16.1 Å². The van der Waals surface area contributed by atoms with Crippen LogP contribution in [0.3, 0.4) is 0 Å². The summed E-state index contributed by atoms with van der Waals surface area (Å²) in [5.41, 5.74) is 4.22. The minimum atomic E-state index is -0.482. The van der Waals surface area contributed by atoms with Crippen LogP contribution in [0.5, 0.6) is 0 Å². The summed E-state index contributed by atoms with van der Waals surface area (Å²) in [5, 5.41) is 17.2. The molecule has 31 heavy (non-hydrogen) atoms. The lowest BCUT2D eigenvalue weighted by atomic mass is 9.96. The van der Waals surface area contributed by atoms with Gasteiger partial charge in [0.25, 0.3) is 0 Å². The van der Waals surface area contributed by atoms with Gasteiger partial charge < -0.3 is 10.1 Å². The number of nitrogens with one attached hydrogen (secondary N) is 1. The van der Waals surface area contributed by atoms with Gasteiger partial charge in [-0.25, -0.2) is 4.79 Å². The number of benzene rings is 2. The van der Waals surface area contributed by atoms with Gasteiger partial charge in [0.15, 0.2) is 0 Å². The number of aromatic nitrogens is 4. The first-order valence-electron chi connectivity index (χ1n) is 9.82. The normalized spacial score (nSPS) is 15.3. The molecule has 154 valence electrons. The Bertz CT molecular complexity index is 1250. The Morgan fingerprint density at radius 1 is 1.10 bits per heavy atom. The third kappa shape index (κ3) is 3.62. The third-order valence-corrected chi connectivity index (χ3v) is 6.14.